The van der Waals surface area contributed by atoms with Gasteiger partial charge in [-0.1, -0.05) is 18.0 Å². The van der Waals surface area contributed by atoms with E-state index >= 15 is 0 Å². The molecule has 1 aliphatic rings. The standard InChI is InChI=1S/C14H19N3O2.ClH/c18-14(17-8-3-1-2-4-9-17)12-16-7-5-6-13(11-16)10-15-19;/h5-7,10-11H,1-4,8-9,12H2;1H/b15-10+;. The van der Waals surface area contributed by atoms with Gasteiger partial charge in [0.2, 0.25) is 6.54 Å². The van der Waals surface area contributed by atoms with Crippen LogP contribution in [0.25, 0.3) is 0 Å². The summed E-state index contributed by atoms with van der Waals surface area (Å²) in [5, 5.41) is 11.5. The number of likely N-dealkylation sites (tertiary alicyclic amines) is 1. The van der Waals surface area contributed by atoms with E-state index in [0.717, 1.165) is 31.5 Å². The number of rotatable bonds is 3. The van der Waals surface area contributed by atoms with Crippen LogP contribution in [0.1, 0.15) is 31.2 Å². The largest absolute Gasteiger partial charge is 1.00 e. The van der Waals surface area contributed by atoms with Crippen LogP contribution in [0.3, 0.4) is 0 Å². The monoisotopic (exact) mass is 297 g/mol. The van der Waals surface area contributed by atoms with E-state index in [0.29, 0.717) is 6.54 Å². The van der Waals surface area contributed by atoms with E-state index in [9.17, 15) is 4.79 Å². The van der Waals surface area contributed by atoms with Crippen molar-refractivity contribution in [1.82, 2.24) is 4.90 Å². The minimum Gasteiger partial charge on any atom is -1.00 e. The van der Waals surface area contributed by atoms with Gasteiger partial charge in [0.25, 0.3) is 5.91 Å². The van der Waals surface area contributed by atoms with Crippen LogP contribution in [-0.2, 0) is 11.3 Å². The summed E-state index contributed by atoms with van der Waals surface area (Å²) in [6.07, 6.45) is 9.66. The van der Waals surface area contributed by atoms with Crippen molar-refractivity contribution < 1.29 is 27.0 Å². The number of aromatic nitrogens is 1. The van der Waals surface area contributed by atoms with Gasteiger partial charge in [-0.2, -0.15) is 4.57 Å². The number of pyridine rings is 1. The lowest BCUT2D eigenvalue weighted by atomic mass is 10.2. The maximum Gasteiger partial charge on any atom is 0.288 e. The molecular formula is C14H20ClN3O2. The van der Waals surface area contributed by atoms with Gasteiger partial charge < -0.3 is 22.5 Å². The molecule has 1 amide bonds. The molecule has 0 aliphatic carbocycles. The molecule has 20 heavy (non-hydrogen) atoms. The zero-order chi connectivity index (χ0) is 13.5. The second-order valence-electron chi connectivity index (χ2n) is 4.85. The highest BCUT2D eigenvalue weighted by Gasteiger charge is 2.19. The van der Waals surface area contributed by atoms with Gasteiger partial charge in [-0.25, -0.2) is 0 Å². The van der Waals surface area contributed by atoms with E-state index in [2.05, 4.69) is 5.16 Å². The molecule has 1 aliphatic heterocycles. The third kappa shape index (κ3) is 4.81. The number of carbonyl (C=O) groups is 1. The molecule has 0 aromatic carbocycles. The molecule has 0 bridgehead atoms. The summed E-state index contributed by atoms with van der Waals surface area (Å²) in [6.45, 7) is 2.08. The van der Waals surface area contributed by atoms with Crippen molar-refractivity contribution in [3.05, 3.63) is 30.1 Å². The molecule has 1 saturated heterocycles. The van der Waals surface area contributed by atoms with E-state index in [-0.39, 0.29) is 18.3 Å². The van der Waals surface area contributed by atoms with E-state index < -0.39 is 0 Å². The van der Waals surface area contributed by atoms with Crippen LogP contribution in [0.15, 0.2) is 29.7 Å². The van der Waals surface area contributed by atoms with Crippen LogP contribution in [-0.4, -0.2) is 35.3 Å². The summed E-state index contributed by atoms with van der Waals surface area (Å²) >= 11 is 0. The first-order valence-corrected chi connectivity index (χ1v) is 6.74. The van der Waals surface area contributed by atoms with Gasteiger partial charge in [0.1, 0.15) is 0 Å². The van der Waals surface area contributed by atoms with Crippen LogP contribution in [0.5, 0.6) is 0 Å². The Kier molecular flexibility index (Phi) is 7.01. The van der Waals surface area contributed by atoms with E-state index in [4.69, 9.17) is 5.21 Å². The Morgan fingerprint density at radius 2 is 2.05 bits per heavy atom. The predicted molar refractivity (Wildman–Crippen MR) is 71.1 cm³/mol. The van der Waals surface area contributed by atoms with Gasteiger partial charge in [0, 0.05) is 19.2 Å². The SMILES string of the molecule is O=C(C[n+]1cccc(/C=N/O)c1)N1CCCCCC1.[Cl-]. The first-order valence-electron chi connectivity index (χ1n) is 6.74. The third-order valence-corrected chi connectivity index (χ3v) is 3.36. The highest BCUT2D eigenvalue weighted by atomic mass is 35.5. The highest BCUT2D eigenvalue weighted by molar-refractivity contribution is 5.78. The van der Waals surface area contributed by atoms with Gasteiger partial charge in [-0.3, -0.25) is 4.79 Å². The van der Waals surface area contributed by atoms with Gasteiger partial charge in [-0.15, -0.1) is 0 Å². The average Bonchev–Trinajstić information content (AvgIpc) is 2.68. The zero-order valence-corrected chi connectivity index (χ0v) is 12.2. The first-order chi connectivity index (χ1) is 9.29. The minimum absolute atomic E-state index is 0. The van der Waals surface area contributed by atoms with Crippen LogP contribution in [0.2, 0.25) is 0 Å². The molecule has 0 spiro atoms. The van der Waals surface area contributed by atoms with Crippen molar-refractivity contribution in [1.29, 1.82) is 0 Å². The number of hydrogen-bond donors (Lipinski definition) is 1. The summed E-state index contributed by atoms with van der Waals surface area (Å²) in [7, 11) is 0. The van der Waals surface area contributed by atoms with E-state index in [1.807, 2.05) is 27.8 Å². The molecule has 1 aromatic rings. The molecule has 0 radical (unpaired) electrons. The molecular weight excluding hydrogens is 278 g/mol. The minimum atomic E-state index is 0. The van der Waals surface area contributed by atoms with Crippen molar-refractivity contribution >= 4 is 12.1 Å². The second-order valence-corrected chi connectivity index (χ2v) is 4.85. The zero-order valence-electron chi connectivity index (χ0n) is 11.4. The Balaban J connectivity index is 0.00000200. The maximum atomic E-state index is 12.2. The van der Waals surface area contributed by atoms with Crippen LogP contribution in [0.4, 0.5) is 0 Å². The normalized spacial score (nSPS) is 15.7. The first kappa shape index (κ1) is 16.4. The lowest BCUT2D eigenvalue weighted by Crippen LogP contribution is -3.00. The lowest BCUT2D eigenvalue weighted by molar-refractivity contribution is -0.685. The molecule has 1 aromatic heterocycles. The predicted octanol–water partition coefficient (Wildman–Crippen LogP) is -1.81. The fraction of sp³-hybridized carbons (Fsp3) is 0.500. The van der Waals surface area contributed by atoms with Gasteiger partial charge in [-0.05, 0) is 18.9 Å². The molecule has 0 atom stereocenters. The maximum absolute atomic E-state index is 12.2. The molecule has 1 fully saturated rings. The molecule has 6 heteroatoms. The van der Waals surface area contributed by atoms with Crippen molar-refractivity contribution in [2.45, 2.75) is 32.2 Å². The van der Waals surface area contributed by atoms with Gasteiger partial charge >= 0.3 is 0 Å². The Morgan fingerprint density at radius 1 is 1.35 bits per heavy atom. The summed E-state index contributed by atoms with van der Waals surface area (Å²) in [4.78, 5) is 14.2. The number of halogens is 1. The number of nitrogens with zero attached hydrogens (tertiary/aromatic N) is 3. The summed E-state index contributed by atoms with van der Waals surface area (Å²) in [5.74, 6) is 0.157. The lowest BCUT2D eigenvalue weighted by Gasteiger charge is -2.18. The van der Waals surface area contributed by atoms with Crippen molar-refractivity contribution in [2.75, 3.05) is 13.1 Å². The van der Waals surface area contributed by atoms with Crippen molar-refractivity contribution in [3.8, 4) is 0 Å². The number of amides is 1. The summed E-state index contributed by atoms with van der Waals surface area (Å²) < 4.78 is 1.82. The molecule has 2 rings (SSSR count). The van der Waals surface area contributed by atoms with E-state index in [1.54, 1.807) is 6.20 Å². The Hall–Kier alpha value is -1.62. The molecule has 0 unspecified atom stereocenters. The van der Waals surface area contributed by atoms with Crippen LogP contribution in [0, 0.1) is 0 Å². The number of hydrogen-bond acceptors (Lipinski definition) is 3. The Labute approximate surface area is 125 Å². The Bertz CT molecular complexity index is 457. The Morgan fingerprint density at radius 3 is 2.70 bits per heavy atom. The van der Waals surface area contributed by atoms with Crippen LogP contribution >= 0.6 is 0 Å². The molecule has 5 nitrogen and oxygen atoms in total. The third-order valence-electron chi connectivity index (χ3n) is 3.36. The van der Waals surface area contributed by atoms with Gasteiger partial charge in [0.05, 0.1) is 11.8 Å². The molecule has 1 N–H and O–H groups in total. The summed E-state index contributed by atoms with van der Waals surface area (Å²) in [6, 6.07) is 3.67. The molecule has 110 valence electrons. The number of carbonyl (C=O) groups excluding carboxylic acids is 1. The summed E-state index contributed by atoms with van der Waals surface area (Å²) in [5.41, 5.74) is 0.772. The van der Waals surface area contributed by atoms with Crippen molar-refractivity contribution in [3.63, 3.8) is 0 Å². The highest BCUT2D eigenvalue weighted by Crippen LogP contribution is 2.09. The fourth-order valence-corrected chi connectivity index (χ4v) is 2.36. The van der Waals surface area contributed by atoms with Crippen molar-refractivity contribution in [2.24, 2.45) is 5.16 Å². The average molecular weight is 298 g/mol. The number of oxime groups is 1. The van der Waals surface area contributed by atoms with Gasteiger partial charge in [0.15, 0.2) is 12.4 Å². The quantitative estimate of drug-likeness (QED) is 0.309. The van der Waals surface area contributed by atoms with Crippen LogP contribution < -0.4 is 17.0 Å². The fourth-order valence-electron chi connectivity index (χ4n) is 2.36. The molecule has 2 heterocycles. The van der Waals surface area contributed by atoms with E-state index in [1.165, 1.54) is 19.1 Å². The smallest absolute Gasteiger partial charge is 0.288 e. The molecule has 0 saturated carbocycles. The topological polar surface area (TPSA) is 56.8 Å². The second kappa shape index (κ2) is 8.53.